The Bertz CT molecular complexity index is 828. The number of fused-ring (bicyclic) bond motifs is 1. The van der Waals surface area contributed by atoms with Gasteiger partial charge in [0.1, 0.15) is 0 Å². The van der Waals surface area contributed by atoms with Crippen molar-refractivity contribution in [3.63, 3.8) is 0 Å². The van der Waals surface area contributed by atoms with Crippen molar-refractivity contribution in [3.05, 3.63) is 61.0 Å². The molecule has 2 aromatic carbocycles. The summed E-state index contributed by atoms with van der Waals surface area (Å²) in [5.41, 5.74) is 3.63. The van der Waals surface area contributed by atoms with Crippen molar-refractivity contribution in [1.29, 1.82) is 0 Å². The van der Waals surface area contributed by atoms with Gasteiger partial charge < -0.3 is 9.64 Å². The second kappa shape index (κ2) is 15.6. The molecule has 0 aliphatic carbocycles. The summed E-state index contributed by atoms with van der Waals surface area (Å²) in [6, 6.07) is 17.0. The standard InChI is InChI=1S/C32H47NO/c1-3-4-5-6-7-8-9-10-11-12-13-14-15-16-17-21-26-33-28(2)34-32-25-24-30(27-31(32)33)29-22-19-18-20-23-29/h18-20,22-25,27H,2-17,21,26H2,1H3. The molecule has 0 amide bonds. The van der Waals surface area contributed by atoms with Gasteiger partial charge in [0, 0.05) is 6.54 Å². The molecule has 2 nitrogen and oxygen atoms in total. The molecule has 0 saturated carbocycles. The highest BCUT2D eigenvalue weighted by Crippen LogP contribution is 2.41. The average Bonchev–Trinajstić information content (AvgIpc) is 3.18. The van der Waals surface area contributed by atoms with E-state index >= 15 is 0 Å². The molecule has 34 heavy (non-hydrogen) atoms. The predicted molar refractivity (Wildman–Crippen MR) is 149 cm³/mol. The summed E-state index contributed by atoms with van der Waals surface area (Å²) in [6.45, 7) is 7.43. The van der Waals surface area contributed by atoms with Crippen LogP contribution in [0.4, 0.5) is 5.69 Å². The Morgan fingerprint density at radius 1 is 0.618 bits per heavy atom. The summed E-state index contributed by atoms with van der Waals surface area (Å²) in [6.07, 6.45) is 22.4. The third kappa shape index (κ3) is 8.85. The molecule has 0 saturated heterocycles. The number of hydrogen-bond acceptors (Lipinski definition) is 2. The fourth-order valence-corrected chi connectivity index (χ4v) is 5.00. The number of benzene rings is 2. The SMILES string of the molecule is C=C1Oc2ccc(-c3ccccc3)cc2N1CCCCCCCCCCCCCCCCCC. The molecule has 186 valence electrons. The number of anilines is 1. The van der Waals surface area contributed by atoms with Crippen LogP contribution in [-0.4, -0.2) is 6.54 Å². The molecule has 2 aromatic rings. The molecule has 0 unspecified atom stereocenters. The van der Waals surface area contributed by atoms with Gasteiger partial charge >= 0.3 is 0 Å². The minimum Gasteiger partial charge on any atom is -0.439 e. The molecule has 0 aromatic heterocycles. The van der Waals surface area contributed by atoms with Gasteiger partial charge in [-0.05, 0) is 36.3 Å². The van der Waals surface area contributed by atoms with Crippen LogP contribution in [-0.2, 0) is 0 Å². The molecule has 1 aliphatic rings. The molecule has 0 radical (unpaired) electrons. The topological polar surface area (TPSA) is 12.5 Å². The lowest BCUT2D eigenvalue weighted by Crippen LogP contribution is -2.20. The third-order valence-electron chi connectivity index (χ3n) is 7.12. The van der Waals surface area contributed by atoms with Crippen molar-refractivity contribution in [1.82, 2.24) is 0 Å². The Labute approximate surface area is 209 Å². The molecule has 0 atom stereocenters. The summed E-state index contributed by atoms with van der Waals surface area (Å²) in [5, 5.41) is 0. The van der Waals surface area contributed by atoms with E-state index in [0.29, 0.717) is 0 Å². The zero-order valence-electron chi connectivity index (χ0n) is 21.7. The Kier molecular flexibility index (Phi) is 12.1. The maximum absolute atomic E-state index is 5.92. The summed E-state index contributed by atoms with van der Waals surface area (Å²) >= 11 is 0. The normalized spacial score (nSPS) is 12.7. The quantitative estimate of drug-likeness (QED) is 0.205. The van der Waals surface area contributed by atoms with E-state index < -0.39 is 0 Å². The van der Waals surface area contributed by atoms with Crippen LogP contribution in [0.25, 0.3) is 11.1 Å². The number of nitrogens with zero attached hydrogens (tertiary/aromatic N) is 1. The zero-order chi connectivity index (χ0) is 23.8. The van der Waals surface area contributed by atoms with Crippen molar-refractivity contribution in [2.75, 3.05) is 11.4 Å². The van der Waals surface area contributed by atoms with Gasteiger partial charge in [0.25, 0.3) is 0 Å². The smallest absolute Gasteiger partial charge is 0.193 e. The lowest BCUT2D eigenvalue weighted by atomic mass is 10.0. The average molecular weight is 462 g/mol. The fraction of sp³-hybridized carbons (Fsp3) is 0.562. The van der Waals surface area contributed by atoms with Crippen molar-refractivity contribution < 1.29 is 4.74 Å². The van der Waals surface area contributed by atoms with Crippen LogP contribution in [0.15, 0.2) is 61.0 Å². The van der Waals surface area contributed by atoms with E-state index in [9.17, 15) is 0 Å². The van der Waals surface area contributed by atoms with Gasteiger partial charge in [0.05, 0.1) is 5.69 Å². The van der Waals surface area contributed by atoms with Crippen LogP contribution in [0, 0.1) is 0 Å². The maximum Gasteiger partial charge on any atom is 0.193 e. The van der Waals surface area contributed by atoms with Gasteiger partial charge in [0.15, 0.2) is 11.6 Å². The monoisotopic (exact) mass is 461 g/mol. The number of rotatable bonds is 18. The van der Waals surface area contributed by atoms with Gasteiger partial charge in [-0.15, -0.1) is 0 Å². The zero-order valence-corrected chi connectivity index (χ0v) is 21.7. The van der Waals surface area contributed by atoms with Crippen LogP contribution < -0.4 is 9.64 Å². The summed E-state index contributed by atoms with van der Waals surface area (Å²) in [7, 11) is 0. The Morgan fingerprint density at radius 3 is 1.71 bits per heavy atom. The maximum atomic E-state index is 5.92. The van der Waals surface area contributed by atoms with Crippen molar-refractivity contribution in [2.45, 2.75) is 110 Å². The lowest BCUT2D eigenvalue weighted by molar-refractivity contribution is 0.438. The first kappa shape index (κ1) is 26.4. The molecular weight excluding hydrogens is 414 g/mol. The van der Waals surface area contributed by atoms with Crippen molar-refractivity contribution in [3.8, 4) is 16.9 Å². The molecule has 0 bridgehead atoms. The Hall–Kier alpha value is -2.22. The molecule has 0 N–H and O–H groups in total. The number of hydrogen-bond donors (Lipinski definition) is 0. The first-order chi connectivity index (χ1) is 16.8. The van der Waals surface area contributed by atoms with Gasteiger partial charge in [-0.3, -0.25) is 0 Å². The van der Waals surface area contributed by atoms with Crippen molar-refractivity contribution >= 4 is 5.69 Å². The Balaban J connectivity index is 1.22. The highest BCUT2D eigenvalue weighted by atomic mass is 16.5. The van der Waals surface area contributed by atoms with E-state index in [4.69, 9.17) is 4.74 Å². The van der Waals surface area contributed by atoms with Crippen molar-refractivity contribution in [2.24, 2.45) is 0 Å². The van der Waals surface area contributed by atoms with Crippen LogP contribution in [0.5, 0.6) is 5.75 Å². The molecule has 1 aliphatic heterocycles. The van der Waals surface area contributed by atoms with Gasteiger partial charge in [-0.2, -0.15) is 0 Å². The molecule has 3 rings (SSSR count). The van der Waals surface area contributed by atoms with E-state index in [1.165, 1.54) is 114 Å². The van der Waals surface area contributed by atoms with Gasteiger partial charge in [0.2, 0.25) is 0 Å². The fourth-order valence-electron chi connectivity index (χ4n) is 5.00. The van der Waals surface area contributed by atoms with Crippen LogP contribution in [0.3, 0.4) is 0 Å². The van der Waals surface area contributed by atoms with Crippen LogP contribution >= 0.6 is 0 Å². The highest BCUT2D eigenvalue weighted by Gasteiger charge is 2.24. The van der Waals surface area contributed by atoms with E-state index in [-0.39, 0.29) is 0 Å². The number of ether oxygens (including phenoxy) is 1. The van der Waals surface area contributed by atoms with E-state index in [2.05, 4.69) is 66.9 Å². The molecule has 2 heteroatoms. The molecular formula is C32H47NO. The first-order valence-electron chi connectivity index (χ1n) is 14.1. The van der Waals surface area contributed by atoms with E-state index in [1.807, 2.05) is 0 Å². The van der Waals surface area contributed by atoms with E-state index in [1.54, 1.807) is 0 Å². The minimum absolute atomic E-state index is 0.765. The van der Waals surface area contributed by atoms with Gasteiger partial charge in [-0.1, -0.05) is 140 Å². The van der Waals surface area contributed by atoms with Crippen LogP contribution in [0.1, 0.15) is 110 Å². The number of unbranched alkanes of at least 4 members (excludes halogenated alkanes) is 15. The van der Waals surface area contributed by atoms with E-state index in [0.717, 1.165) is 23.9 Å². The second-order valence-electron chi connectivity index (χ2n) is 10.00. The summed E-state index contributed by atoms with van der Waals surface area (Å²) in [4.78, 5) is 2.26. The first-order valence-corrected chi connectivity index (χ1v) is 14.1. The lowest BCUT2D eigenvalue weighted by Gasteiger charge is -2.18. The second-order valence-corrected chi connectivity index (χ2v) is 10.00. The minimum atomic E-state index is 0.765. The predicted octanol–water partition coefficient (Wildman–Crippen LogP) is 10.3. The highest BCUT2D eigenvalue weighted by molar-refractivity contribution is 5.75. The molecule has 1 heterocycles. The Morgan fingerprint density at radius 2 is 1.15 bits per heavy atom. The third-order valence-corrected chi connectivity index (χ3v) is 7.12. The van der Waals surface area contributed by atoms with Gasteiger partial charge in [-0.25, -0.2) is 0 Å². The summed E-state index contributed by atoms with van der Waals surface area (Å²) in [5.74, 6) is 1.70. The largest absolute Gasteiger partial charge is 0.439 e. The van der Waals surface area contributed by atoms with Crippen LogP contribution in [0.2, 0.25) is 0 Å². The molecule has 0 spiro atoms. The molecule has 0 fully saturated rings. The summed E-state index contributed by atoms with van der Waals surface area (Å²) < 4.78 is 5.92.